The number of hydrogen-bond acceptors (Lipinski definition) is 3. The van der Waals surface area contributed by atoms with Crippen LogP contribution in [0.5, 0.6) is 0 Å². The van der Waals surface area contributed by atoms with Crippen LogP contribution in [0.2, 0.25) is 0 Å². The Balaban J connectivity index is 1.85. The Morgan fingerprint density at radius 2 is 2.20 bits per heavy atom. The van der Waals surface area contributed by atoms with Crippen LogP contribution in [0.1, 0.15) is 29.5 Å². The lowest BCUT2D eigenvalue weighted by atomic mass is 9.95. The lowest BCUT2D eigenvalue weighted by molar-refractivity contribution is 0.0634. The summed E-state index contributed by atoms with van der Waals surface area (Å²) in [5.74, 6) is 0.727. The number of aryl methyl sites for hydroxylation is 1. The molecule has 2 N–H and O–H groups in total. The predicted octanol–water partition coefficient (Wildman–Crippen LogP) is 2.55. The predicted molar refractivity (Wildman–Crippen MR) is 78.6 cm³/mol. The maximum Gasteiger partial charge on any atom is 0.289 e. The molecule has 2 heterocycles. The summed E-state index contributed by atoms with van der Waals surface area (Å²) in [5, 5.41) is 0.982. The van der Waals surface area contributed by atoms with Crippen molar-refractivity contribution in [2.75, 3.05) is 13.1 Å². The second-order valence-electron chi connectivity index (χ2n) is 5.83. The molecule has 0 saturated carbocycles. The molecule has 2 aromatic rings. The SMILES string of the molecule is Cc1ccc2oc(C(=O)N3CCC(N)C(C)C3)cc2c1. The van der Waals surface area contributed by atoms with Crippen molar-refractivity contribution >= 4 is 16.9 Å². The lowest BCUT2D eigenvalue weighted by Crippen LogP contribution is -2.48. The van der Waals surface area contributed by atoms with E-state index in [9.17, 15) is 4.79 Å². The molecule has 0 radical (unpaired) electrons. The number of nitrogens with zero attached hydrogens (tertiary/aromatic N) is 1. The molecule has 1 fully saturated rings. The second kappa shape index (κ2) is 4.94. The van der Waals surface area contributed by atoms with Crippen LogP contribution in [0.25, 0.3) is 11.0 Å². The molecule has 20 heavy (non-hydrogen) atoms. The van der Waals surface area contributed by atoms with Crippen molar-refractivity contribution in [3.05, 3.63) is 35.6 Å². The van der Waals surface area contributed by atoms with E-state index < -0.39 is 0 Å². The summed E-state index contributed by atoms with van der Waals surface area (Å²) in [6.07, 6.45) is 0.853. The average Bonchev–Trinajstić information content (AvgIpc) is 2.84. The highest BCUT2D eigenvalue weighted by Gasteiger charge is 2.28. The lowest BCUT2D eigenvalue weighted by Gasteiger charge is -2.34. The number of fused-ring (bicyclic) bond motifs is 1. The third kappa shape index (κ3) is 2.31. The zero-order chi connectivity index (χ0) is 14.3. The van der Waals surface area contributed by atoms with Crippen molar-refractivity contribution in [3.63, 3.8) is 0 Å². The van der Waals surface area contributed by atoms with Gasteiger partial charge >= 0.3 is 0 Å². The first-order chi connectivity index (χ1) is 9.54. The van der Waals surface area contributed by atoms with Gasteiger partial charge in [0.05, 0.1) is 0 Å². The molecule has 3 rings (SSSR count). The van der Waals surface area contributed by atoms with Gasteiger partial charge in [-0.05, 0) is 37.5 Å². The molecule has 0 spiro atoms. The van der Waals surface area contributed by atoms with E-state index in [-0.39, 0.29) is 11.9 Å². The number of carbonyl (C=O) groups is 1. The van der Waals surface area contributed by atoms with Crippen LogP contribution in [0.15, 0.2) is 28.7 Å². The number of likely N-dealkylation sites (tertiary alicyclic amines) is 1. The monoisotopic (exact) mass is 272 g/mol. The molecular formula is C16H20N2O2. The van der Waals surface area contributed by atoms with Crippen molar-refractivity contribution in [3.8, 4) is 0 Å². The molecule has 4 heteroatoms. The van der Waals surface area contributed by atoms with Gasteiger partial charge in [-0.15, -0.1) is 0 Å². The van der Waals surface area contributed by atoms with E-state index in [1.54, 1.807) is 0 Å². The minimum Gasteiger partial charge on any atom is -0.451 e. The van der Waals surface area contributed by atoms with E-state index in [0.29, 0.717) is 24.8 Å². The van der Waals surface area contributed by atoms with Gasteiger partial charge in [-0.2, -0.15) is 0 Å². The molecule has 1 aromatic heterocycles. The highest BCUT2D eigenvalue weighted by molar-refractivity contribution is 5.96. The third-order valence-electron chi connectivity index (χ3n) is 4.14. The van der Waals surface area contributed by atoms with Gasteiger partial charge < -0.3 is 15.1 Å². The average molecular weight is 272 g/mol. The highest BCUT2D eigenvalue weighted by atomic mass is 16.3. The van der Waals surface area contributed by atoms with Gasteiger partial charge in [-0.25, -0.2) is 0 Å². The van der Waals surface area contributed by atoms with Crippen LogP contribution in [0.4, 0.5) is 0 Å². The fourth-order valence-corrected chi connectivity index (χ4v) is 2.77. The minimum absolute atomic E-state index is 0.0300. The summed E-state index contributed by atoms with van der Waals surface area (Å²) >= 11 is 0. The molecule has 1 aliphatic heterocycles. The van der Waals surface area contributed by atoms with Crippen molar-refractivity contribution in [2.24, 2.45) is 11.7 Å². The molecule has 1 amide bonds. The maximum atomic E-state index is 12.5. The van der Waals surface area contributed by atoms with Crippen LogP contribution >= 0.6 is 0 Å². The van der Waals surface area contributed by atoms with Crippen molar-refractivity contribution in [1.82, 2.24) is 4.90 Å². The van der Waals surface area contributed by atoms with E-state index >= 15 is 0 Å². The first kappa shape index (κ1) is 13.2. The molecule has 2 unspecified atom stereocenters. The van der Waals surface area contributed by atoms with Crippen molar-refractivity contribution < 1.29 is 9.21 Å². The molecule has 1 aliphatic rings. The first-order valence-electron chi connectivity index (χ1n) is 7.09. The topological polar surface area (TPSA) is 59.5 Å². The molecular weight excluding hydrogens is 252 g/mol. The van der Waals surface area contributed by atoms with Crippen LogP contribution in [0.3, 0.4) is 0 Å². The second-order valence-corrected chi connectivity index (χ2v) is 5.83. The van der Waals surface area contributed by atoms with Crippen molar-refractivity contribution in [2.45, 2.75) is 26.3 Å². The van der Waals surface area contributed by atoms with E-state index in [4.69, 9.17) is 10.2 Å². The Labute approximate surface area is 118 Å². The number of piperidine rings is 1. The van der Waals surface area contributed by atoms with Crippen LogP contribution < -0.4 is 5.73 Å². The number of hydrogen-bond donors (Lipinski definition) is 1. The Hall–Kier alpha value is -1.81. The molecule has 1 saturated heterocycles. The number of benzene rings is 1. The molecule has 2 atom stereocenters. The third-order valence-corrected chi connectivity index (χ3v) is 4.14. The summed E-state index contributed by atoms with van der Waals surface area (Å²) in [6, 6.07) is 7.96. The quantitative estimate of drug-likeness (QED) is 0.868. The standard InChI is InChI=1S/C16H20N2O2/c1-10-3-4-14-12(7-10)8-15(20-14)16(19)18-6-5-13(17)11(2)9-18/h3-4,7-8,11,13H,5-6,9,17H2,1-2H3. The molecule has 1 aromatic carbocycles. The molecule has 0 aliphatic carbocycles. The van der Waals surface area contributed by atoms with E-state index in [0.717, 1.165) is 23.0 Å². The van der Waals surface area contributed by atoms with Gasteiger partial charge in [0.1, 0.15) is 5.58 Å². The van der Waals surface area contributed by atoms with Crippen molar-refractivity contribution in [1.29, 1.82) is 0 Å². The van der Waals surface area contributed by atoms with Gasteiger partial charge in [-0.3, -0.25) is 4.79 Å². The molecule has 106 valence electrons. The summed E-state index contributed by atoms with van der Waals surface area (Å²) in [6.45, 7) is 5.53. The summed E-state index contributed by atoms with van der Waals surface area (Å²) < 4.78 is 5.68. The number of rotatable bonds is 1. The van der Waals surface area contributed by atoms with E-state index in [1.807, 2.05) is 36.1 Å². The van der Waals surface area contributed by atoms with Gasteiger partial charge in [0.2, 0.25) is 0 Å². The smallest absolute Gasteiger partial charge is 0.289 e. The summed E-state index contributed by atoms with van der Waals surface area (Å²) in [7, 11) is 0. The summed E-state index contributed by atoms with van der Waals surface area (Å²) in [5.41, 5.74) is 7.92. The summed E-state index contributed by atoms with van der Waals surface area (Å²) in [4.78, 5) is 14.3. The fourth-order valence-electron chi connectivity index (χ4n) is 2.77. The number of amides is 1. The Morgan fingerprint density at radius 3 is 2.95 bits per heavy atom. The fraction of sp³-hybridized carbons (Fsp3) is 0.438. The number of carbonyl (C=O) groups excluding carboxylic acids is 1. The molecule has 0 bridgehead atoms. The zero-order valence-electron chi connectivity index (χ0n) is 11.9. The molecule has 4 nitrogen and oxygen atoms in total. The Morgan fingerprint density at radius 1 is 1.40 bits per heavy atom. The van der Waals surface area contributed by atoms with E-state index in [2.05, 4.69) is 6.92 Å². The van der Waals surface area contributed by atoms with E-state index in [1.165, 1.54) is 0 Å². The van der Waals surface area contributed by atoms with Gasteiger partial charge in [0.25, 0.3) is 5.91 Å². The Bertz CT molecular complexity index is 647. The number of furan rings is 1. The normalized spacial score (nSPS) is 23.2. The van der Waals surface area contributed by atoms with Gasteiger partial charge in [-0.1, -0.05) is 18.6 Å². The van der Waals surface area contributed by atoms with Gasteiger partial charge in [0, 0.05) is 24.5 Å². The minimum atomic E-state index is -0.0300. The van der Waals surface area contributed by atoms with Crippen LogP contribution in [-0.4, -0.2) is 29.9 Å². The largest absolute Gasteiger partial charge is 0.451 e. The van der Waals surface area contributed by atoms with Crippen LogP contribution in [0, 0.1) is 12.8 Å². The highest BCUT2D eigenvalue weighted by Crippen LogP contribution is 2.23. The number of nitrogens with two attached hydrogens (primary N) is 1. The van der Waals surface area contributed by atoms with Crippen LogP contribution in [-0.2, 0) is 0 Å². The maximum absolute atomic E-state index is 12.5. The Kier molecular flexibility index (Phi) is 3.26. The van der Waals surface area contributed by atoms with Gasteiger partial charge in [0.15, 0.2) is 5.76 Å². The first-order valence-corrected chi connectivity index (χ1v) is 7.09. The zero-order valence-corrected chi connectivity index (χ0v) is 11.9.